The molecule has 0 heterocycles. The average Bonchev–Trinajstić information content (AvgIpc) is 3.10. The Morgan fingerprint density at radius 3 is 2.53 bits per heavy atom. The molecule has 2 aliphatic rings. The molecule has 2 aliphatic carbocycles. The molecule has 2 rings (SSSR count). The Morgan fingerprint density at radius 2 is 1.94 bits per heavy atom. The molecule has 0 radical (unpaired) electrons. The van der Waals surface area contributed by atoms with E-state index >= 15 is 0 Å². The maximum Gasteiger partial charge on any atom is 0.0468 e. The van der Waals surface area contributed by atoms with E-state index in [9.17, 15) is 0 Å². The summed E-state index contributed by atoms with van der Waals surface area (Å²) in [5.41, 5.74) is 6.51. The van der Waals surface area contributed by atoms with E-state index in [1.807, 2.05) is 0 Å². The van der Waals surface area contributed by atoms with Crippen LogP contribution in [0, 0.1) is 11.3 Å². The van der Waals surface area contributed by atoms with Crippen molar-refractivity contribution in [1.82, 2.24) is 5.32 Å². The van der Waals surface area contributed by atoms with Gasteiger partial charge in [-0.3, -0.25) is 0 Å². The largest absolute Gasteiger partial charge is 0.385 e. The summed E-state index contributed by atoms with van der Waals surface area (Å²) in [5, 5.41) is 3.69. The molecule has 0 spiro atoms. The molecule has 0 bridgehead atoms. The number of nitrogens with two attached hydrogens (primary N) is 1. The maximum absolute atomic E-state index is 5.93. The highest BCUT2D eigenvalue weighted by molar-refractivity contribution is 4.94. The standard InChI is InChI=1S/C14H28N2O/c1-17-9-8-14(6-7-14)11-16-10-12-2-4-13(15)5-3-12/h12-13,16H,2-11,15H2,1H3. The Bertz CT molecular complexity index is 220. The highest BCUT2D eigenvalue weighted by atomic mass is 16.5. The SMILES string of the molecule is COCCC1(CNCC2CCC(N)CC2)CC1. The molecule has 17 heavy (non-hydrogen) atoms. The molecule has 0 aromatic heterocycles. The van der Waals surface area contributed by atoms with Crippen LogP contribution in [0.3, 0.4) is 0 Å². The molecule has 0 amide bonds. The first-order valence-electron chi connectivity index (χ1n) is 7.19. The predicted molar refractivity (Wildman–Crippen MR) is 71.0 cm³/mol. The molecule has 0 aromatic rings. The van der Waals surface area contributed by atoms with Crippen LogP contribution in [-0.4, -0.2) is 32.8 Å². The van der Waals surface area contributed by atoms with Crippen LogP contribution < -0.4 is 11.1 Å². The molecule has 3 nitrogen and oxygen atoms in total. The summed E-state index contributed by atoms with van der Waals surface area (Å²) in [6.45, 7) is 3.31. The van der Waals surface area contributed by atoms with E-state index in [0.29, 0.717) is 11.5 Å². The summed E-state index contributed by atoms with van der Waals surface area (Å²) in [6, 6.07) is 0.475. The van der Waals surface area contributed by atoms with Gasteiger partial charge in [0, 0.05) is 26.3 Å². The van der Waals surface area contributed by atoms with Gasteiger partial charge in [-0.2, -0.15) is 0 Å². The van der Waals surface area contributed by atoms with Crippen molar-refractivity contribution >= 4 is 0 Å². The van der Waals surface area contributed by atoms with Gasteiger partial charge in [-0.05, 0) is 62.8 Å². The maximum atomic E-state index is 5.93. The lowest BCUT2D eigenvalue weighted by Crippen LogP contribution is -2.34. The highest BCUT2D eigenvalue weighted by Gasteiger charge is 2.41. The monoisotopic (exact) mass is 240 g/mol. The van der Waals surface area contributed by atoms with E-state index in [1.54, 1.807) is 7.11 Å². The van der Waals surface area contributed by atoms with Crippen LogP contribution in [0.1, 0.15) is 44.9 Å². The van der Waals surface area contributed by atoms with E-state index < -0.39 is 0 Å². The fourth-order valence-corrected chi connectivity index (χ4v) is 2.94. The molecule has 0 unspecified atom stereocenters. The summed E-state index contributed by atoms with van der Waals surface area (Å²) < 4.78 is 5.18. The Morgan fingerprint density at radius 1 is 1.24 bits per heavy atom. The third kappa shape index (κ3) is 4.23. The summed E-state index contributed by atoms with van der Waals surface area (Å²) in [4.78, 5) is 0. The number of rotatable bonds is 7. The van der Waals surface area contributed by atoms with Crippen molar-refractivity contribution in [2.45, 2.75) is 51.0 Å². The molecule has 0 saturated heterocycles. The summed E-state index contributed by atoms with van der Waals surface area (Å²) in [5.74, 6) is 0.869. The van der Waals surface area contributed by atoms with Crippen molar-refractivity contribution < 1.29 is 4.74 Å². The molecule has 0 aliphatic heterocycles. The van der Waals surface area contributed by atoms with Crippen molar-refractivity contribution in [1.29, 1.82) is 0 Å². The van der Waals surface area contributed by atoms with Crippen LogP contribution in [0.5, 0.6) is 0 Å². The van der Waals surface area contributed by atoms with Gasteiger partial charge in [0.1, 0.15) is 0 Å². The van der Waals surface area contributed by atoms with Crippen LogP contribution in [0.4, 0.5) is 0 Å². The van der Waals surface area contributed by atoms with Crippen molar-refractivity contribution in [2.24, 2.45) is 17.1 Å². The van der Waals surface area contributed by atoms with Crippen molar-refractivity contribution in [3.8, 4) is 0 Å². The highest BCUT2D eigenvalue weighted by Crippen LogP contribution is 2.48. The van der Waals surface area contributed by atoms with Gasteiger partial charge < -0.3 is 15.8 Å². The second-order valence-corrected chi connectivity index (χ2v) is 6.15. The van der Waals surface area contributed by atoms with Crippen molar-refractivity contribution in [3.63, 3.8) is 0 Å². The third-order valence-electron chi connectivity index (χ3n) is 4.62. The van der Waals surface area contributed by atoms with Crippen LogP contribution in [-0.2, 0) is 4.74 Å². The minimum absolute atomic E-state index is 0.475. The van der Waals surface area contributed by atoms with Gasteiger partial charge in [-0.1, -0.05) is 0 Å². The predicted octanol–water partition coefficient (Wildman–Crippen LogP) is 1.91. The van der Waals surface area contributed by atoms with E-state index in [0.717, 1.165) is 12.5 Å². The van der Waals surface area contributed by atoms with Gasteiger partial charge in [0.05, 0.1) is 0 Å². The molecular weight excluding hydrogens is 212 g/mol. The first-order chi connectivity index (χ1) is 8.24. The lowest BCUT2D eigenvalue weighted by molar-refractivity contribution is 0.170. The molecule has 3 heteroatoms. The van der Waals surface area contributed by atoms with Gasteiger partial charge >= 0.3 is 0 Å². The molecule has 2 fully saturated rings. The van der Waals surface area contributed by atoms with Crippen LogP contribution in [0.25, 0.3) is 0 Å². The molecule has 2 saturated carbocycles. The lowest BCUT2D eigenvalue weighted by Gasteiger charge is -2.27. The fourth-order valence-electron chi connectivity index (χ4n) is 2.94. The smallest absolute Gasteiger partial charge is 0.0468 e. The minimum atomic E-state index is 0.475. The Balaban J connectivity index is 1.56. The second kappa shape index (κ2) is 6.17. The van der Waals surface area contributed by atoms with Crippen molar-refractivity contribution in [2.75, 3.05) is 26.8 Å². The average molecular weight is 240 g/mol. The van der Waals surface area contributed by atoms with Gasteiger partial charge in [0.25, 0.3) is 0 Å². The quantitative estimate of drug-likeness (QED) is 0.714. The zero-order chi connectivity index (χ0) is 12.1. The van der Waals surface area contributed by atoms with Gasteiger partial charge in [0.15, 0.2) is 0 Å². The zero-order valence-electron chi connectivity index (χ0n) is 11.2. The van der Waals surface area contributed by atoms with Crippen LogP contribution in [0.15, 0.2) is 0 Å². The Hall–Kier alpha value is -0.120. The molecule has 3 N–H and O–H groups in total. The molecule has 0 atom stereocenters. The van der Waals surface area contributed by atoms with Crippen LogP contribution >= 0.6 is 0 Å². The van der Waals surface area contributed by atoms with Gasteiger partial charge in [-0.15, -0.1) is 0 Å². The third-order valence-corrected chi connectivity index (χ3v) is 4.62. The number of hydrogen-bond donors (Lipinski definition) is 2. The summed E-state index contributed by atoms with van der Waals surface area (Å²) >= 11 is 0. The lowest BCUT2D eigenvalue weighted by atomic mass is 9.86. The minimum Gasteiger partial charge on any atom is -0.385 e. The van der Waals surface area contributed by atoms with E-state index in [2.05, 4.69) is 5.32 Å². The summed E-state index contributed by atoms with van der Waals surface area (Å²) in [6.07, 6.45) is 9.09. The number of ether oxygens (including phenoxy) is 1. The Kier molecular flexibility index (Phi) is 4.83. The topological polar surface area (TPSA) is 47.3 Å². The van der Waals surface area contributed by atoms with Crippen LogP contribution in [0.2, 0.25) is 0 Å². The molecule has 0 aromatic carbocycles. The number of hydrogen-bond acceptors (Lipinski definition) is 3. The molecule has 100 valence electrons. The van der Waals surface area contributed by atoms with Gasteiger partial charge in [-0.25, -0.2) is 0 Å². The first kappa shape index (κ1) is 13.3. The van der Waals surface area contributed by atoms with Gasteiger partial charge in [0.2, 0.25) is 0 Å². The normalized spacial score (nSPS) is 31.4. The zero-order valence-corrected chi connectivity index (χ0v) is 11.2. The van der Waals surface area contributed by atoms with E-state index in [-0.39, 0.29) is 0 Å². The van der Waals surface area contributed by atoms with Crippen molar-refractivity contribution in [3.05, 3.63) is 0 Å². The second-order valence-electron chi connectivity index (χ2n) is 6.15. The summed E-state index contributed by atoms with van der Waals surface area (Å²) in [7, 11) is 1.80. The fraction of sp³-hybridized carbons (Fsp3) is 1.00. The number of methoxy groups -OCH3 is 1. The van der Waals surface area contributed by atoms with E-state index in [4.69, 9.17) is 10.5 Å². The van der Waals surface area contributed by atoms with E-state index in [1.165, 1.54) is 58.0 Å². The number of nitrogens with one attached hydrogen (secondary N) is 1. The molecular formula is C14H28N2O. The Labute approximate surface area is 105 Å². The first-order valence-corrected chi connectivity index (χ1v) is 7.19.